The van der Waals surface area contributed by atoms with Crippen molar-refractivity contribution in [3.8, 4) is 5.75 Å². The number of carbonyl (C=O) groups is 2. The maximum Gasteiger partial charge on any atom is 0.306 e. The molecule has 0 radical (unpaired) electrons. The molecule has 0 aromatic heterocycles. The fourth-order valence-corrected chi connectivity index (χ4v) is 4.19. The minimum Gasteiger partial charge on any atom is -0.497 e. The molecule has 0 heterocycles. The summed E-state index contributed by atoms with van der Waals surface area (Å²) in [4.78, 5) is 24.2. The van der Waals surface area contributed by atoms with E-state index in [9.17, 15) is 9.59 Å². The van der Waals surface area contributed by atoms with Crippen LogP contribution in [0.15, 0.2) is 36.4 Å². The van der Waals surface area contributed by atoms with Crippen LogP contribution in [0.3, 0.4) is 0 Å². The Morgan fingerprint density at radius 3 is 1.95 bits per heavy atom. The van der Waals surface area contributed by atoms with Crippen LogP contribution in [0.4, 0.5) is 0 Å². The summed E-state index contributed by atoms with van der Waals surface area (Å²) in [5.41, 5.74) is 0.982. The molecule has 6 heteroatoms. The van der Waals surface area contributed by atoms with Crippen LogP contribution in [0.2, 0.25) is 0 Å². The monoisotopic (exact) mass is 546 g/mol. The summed E-state index contributed by atoms with van der Waals surface area (Å²) in [5, 5.41) is 0. The molecule has 0 aliphatic heterocycles. The van der Waals surface area contributed by atoms with E-state index < -0.39 is 6.10 Å². The molecular formula is C33H54O6. The van der Waals surface area contributed by atoms with Gasteiger partial charge in [0.1, 0.15) is 12.4 Å². The Bertz CT molecular complexity index is 758. The normalized spacial score (nSPS) is 12.0. The van der Waals surface area contributed by atoms with Gasteiger partial charge in [-0.15, -0.1) is 0 Å². The fraction of sp³-hybridized carbons (Fsp3) is 0.697. The van der Waals surface area contributed by atoms with E-state index in [0.717, 1.165) is 37.0 Å². The van der Waals surface area contributed by atoms with Crippen LogP contribution in [0.25, 0.3) is 0 Å². The second kappa shape index (κ2) is 24.7. The third-order valence-corrected chi connectivity index (χ3v) is 6.56. The van der Waals surface area contributed by atoms with Gasteiger partial charge in [0, 0.05) is 12.8 Å². The van der Waals surface area contributed by atoms with Crippen LogP contribution in [0.1, 0.15) is 122 Å². The summed E-state index contributed by atoms with van der Waals surface area (Å²) >= 11 is 0. The number of esters is 2. The first-order valence-corrected chi connectivity index (χ1v) is 15.3. The molecule has 1 aromatic rings. The molecule has 0 unspecified atom stereocenters. The lowest BCUT2D eigenvalue weighted by Crippen LogP contribution is -2.29. The second-order valence-electron chi connectivity index (χ2n) is 10.2. The van der Waals surface area contributed by atoms with E-state index >= 15 is 0 Å². The number of hydrogen-bond acceptors (Lipinski definition) is 6. The SMILES string of the molecule is CCCCCCCC/C=C\CCCCCCCC(=O)OC[C@H](COCc1ccc(OC)cc1)OC(=O)CCC. The summed E-state index contributed by atoms with van der Waals surface area (Å²) in [6.45, 7) is 4.73. The van der Waals surface area contributed by atoms with Gasteiger partial charge >= 0.3 is 11.9 Å². The van der Waals surface area contributed by atoms with Crippen molar-refractivity contribution in [3.63, 3.8) is 0 Å². The van der Waals surface area contributed by atoms with E-state index in [1.165, 1.54) is 57.8 Å². The summed E-state index contributed by atoms with van der Waals surface area (Å²) in [7, 11) is 1.62. The highest BCUT2D eigenvalue weighted by atomic mass is 16.6. The van der Waals surface area contributed by atoms with Gasteiger partial charge in [0.25, 0.3) is 0 Å². The van der Waals surface area contributed by atoms with Crippen molar-refractivity contribution in [2.45, 2.75) is 129 Å². The summed E-state index contributed by atoms with van der Waals surface area (Å²) < 4.78 is 21.8. The number of allylic oxidation sites excluding steroid dienone is 2. The Kier molecular flexibility index (Phi) is 22.0. The van der Waals surface area contributed by atoms with Crippen LogP contribution in [0.5, 0.6) is 5.75 Å². The van der Waals surface area contributed by atoms with Gasteiger partial charge in [-0.25, -0.2) is 0 Å². The van der Waals surface area contributed by atoms with Gasteiger partial charge in [0.15, 0.2) is 6.10 Å². The molecule has 0 bridgehead atoms. The third kappa shape index (κ3) is 20.3. The van der Waals surface area contributed by atoms with Crippen LogP contribution < -0.4 is 4.74 Å². The lowest BCUT2D eigenvalue weighted by Gasteiger charge is -2.18. The molecule has 0 fully saturated rings. The van der Waals surface area contributed by atoms with Gasteiger partial charge in [0.05, 0.1) is 20.3 Å². The molecule has 1 atom stereocenters. The molecule has 1 aromatic carbocycles. The van der Waals surface area contributed by atoms with Gasteiger partial charge < -0.3 is 18.9 Å². The van der Waals surface area contributed by atoms with E-state index in [4.69, 9.17) is 18.9 Å². The maximum absolute atomic E-state index is 12.2. The molecule has 0 aliphatic carbocycles. The quantitative estimate of drug-likeness (QED) is 0.0695. The van der Waals surface area contributed by atoms with Crippen molar-refractivity contribution in [2.24, 2.45) is 0 Å². The van der Waals surface area contributed by atoms with Crippen LogP contribution in [0, 0.1) is 0 Å². The minimum absolute atomic E-state index is 0.0158. The minimum atomic E-state index is -0.611. The molecule has 0 saturated carbocycles. The first-order valence-electron chi connectivity index (χ1n) is 15.3. The van der Waals surface area contributed by atoms with Crippen molar-refractivity contribution < 1.29 is 28.5 Å². The Labute approximate surface area is 237 Å². The average molecular weight is 547 g/mol. The topological polar surface area (TPSA) is 71.1 Å². The number of ether oxygens (including phenoxy) is 4. The highest BCUT2D eigenvalue weighted by Crippen LogP contribution is 2.13. The molecular weight excluding hydrogens is 492 g/mol. The number of unbranched alkanes of at least 4 members (excludes halogenated alkanes) is 11. The van der Waals surface area contributed by atoms with Crippen molar-refractivity contribution in [1.29, 1.82) is 0 Å². The highest BCUT2D eigenvalue weighted by molar-refractivity contribution is 5.70. The van der Waals surface area contributed by atoms with Gasteiger partial charge in [-0.2, -0.15) is 0 Å². The Morgan fingerprint density at radius 2 is 1.33 bits per heavy atom. The number of methoxy groups -OCH3 is 1. The van der Waals surface area contributed by atoms with Crippen LogP contribution >= 0.6 is 0 Å². The smallest absolute Gasteiger partial charge is 0.306 e. The van der Waals surface area contributed by atoms with Gasteiger partial charge in [-0.05, 0) is 56.2 Å². The third-order valence-electron chi connectivity index (χ3n) is 6.56. The lowest BCUT2D eigenvalue weighted by molar-refractivity contribution is -0.163. The van der Waals surface area contributed by atoms with Crippen molar-refractivity contribution in [3.05, 3.63) is 42.0 Å². The fourth-order valence-electron chi connectivity index (χ4n) is 4.19. The Balaban J connectivity index is 2.14. The Morgan fingerprint density at radius 1 is 0.718 bits per heavy atom. The number of benzene rings is 1. The van der Waals surface area contributed by atoms with Crippen LogP contribution in [-0.2, 0) is 30.4 Å². The number of rotatable bonds is 25. The molecule has 0 aliphatic rings. The van der Waals surface area contributed by atoms with E-state index in [0.29, 0.717) is 25.9 Å². The molecule has 1 rings (SSSR count). The van der Waals surface area contributed by atoms with E-state index in [2.05, 4.69) is 19.1 Å². The first kappa shape index (κ1) is 34.7. The predicted octanol–water partition coefficient (Wildman–Crippen LogP) is 8.50. The molecule has 0 amide bonds. The molecule has 222 valence electrons. The standard InChI is InChI=1S/C33H54O6/c1-4-6-7-8-9-10-11-12-13-14-15-16-17-18-19-21-32(34)38-28-31(39-33(35)20-5-2)27-37-26-29-22-24-30(36-3)25-23-29/h12-13,22-25,31H,4-11,14-21,26-28H2,1-3H3/b13-12-/t31-/m0/s1. The zero-order chi connectivity index (χ0) is 28.4. The zero-order valence-electron chi connectivity index (χ0n) is 24.9. The van der Waals surface area contributed by atoms with Crippen LogP contribution in [-0.4, -0.2) is 38.4 Å². The van der Waals surface area contributed by atoms with E-state index in [-0.39, 0.29) is 25.2 Å². The van der Waals surface area contributed by atoms with Gasteiger partial charge in [-0.1, -0.05) is 89.5 Å². The molecule has 39 heavy (non-hydrogen) atoms. The molecule has 0 N–H and O–H groups in total. The van der Waals surface area contributed by atoms with E-state index in [1.807, 2.05) is 31.2 Å². The zero-order valence-corrected chi connectivity index (χ0v) is 24.9. The molecule has 0 saturated heterocycles. The molecule has 0 spiro atoms. The second-order valence-corrected chi connectivity index (χ2v) is 10.2. The summed E-state index contributed by atoms with van der Waals surface area (Å²) in [6, 6.07) is 7.58. The van der Waals surface area contributed by atoms with Crippen molar-refractivity contribution in [2.75, 3.05) is 20.3 Å². The largest absolute Gasteiger partial charge is 0.497 e. The molecule has 6 nitrogen and oxygen atoms in total. The van der Waals surface area contributed by atoms with Gasteiger partial charge in [-0.3, -0.25) is 9.59 Å². The number of hydrogen-bond donors (Lipinski definition) is 0. The van der Waals surface area contributed by atoms with Gasteiger partial charge in [0.2, 0.25) is 0 Å². The van der Waals surface area contributed by atoms with Crippen molar-refractivity contribution >= 4 is 11.9 Å². The average Bonchev–Trinajstić information content (AvgIpc) is 2.94. The summed E-state index contributed by atoms with van der Waals surface area (Å²) in [6.07, 6.45) is 21.3. The maximum atomic E-state index is 12.2. The Hall–Kier alpha value is -2.34. The number of carbonyl (C=O) groups excluding carboxylic acids is 2. The first-order chi connectivity index (χ1) is 19.1. The van der Waals surface area contributed by atoms with Crippen molar-refractivity contribution in [1.82, 2.24) is 0 Å². The lowest BCUT2D eigenvalue weighted by atomic mass is 10.1. The highest BCUT2D eigenvalue weighted by Gasteiger charge is 2.17. The summed E-state index contributed by atoms with van der Waals surface area (Å²) in [5.74, 6) is 0.228. The van der Waals surface area contributed by atoms with E-state index in [1.54, 1.807) is 7.11 Å². The predicted molar refractivity (Wildman–Crippen MR) is 158 cm³/mol.